The molecule has 1 heterocycles. The van der Waals surface area contributed by atoms with E-state index in [1.807, 2.05) is 27.7 Å². The van der Waals surface area contributed by atoms with Crippen LogP contribution in [0.2, 0.25) is 0 Å². The smallest absolute Gasteiger partial charge is 0.399 e. The molecule has 0 saturated carbocycles. The molecule has 0 bridgehead atoms. The first kappa shape index (κ1) is 18.7. The van der Waals surface area contributed by atoms with Crippen LogP contribution < -0.4 is 10.8 Å². The quantitative estimate of drug-likeness (QED) is 0.674. The minimum absolute atomic E-state index is 0.0622. The number of hydrogen-bond acceptors (Lipinski definition) is 3. The van der Waals surface area contributed by atoms with Crippen molar-refractivity contribution in [3.63, 3.8) is 0 Å². The van der Waals surface area contributed by atoms with Crippen molar-refractivity contribution in [2.24, 2.45) is 0 Å². The summed E-state index contributed by atoms with van der Waals surface area (Å²) in [6, 6.07) is 3.93. The molecule has 1 saturated heterocycles. The van der Waals surface area contributed by atoms with E-state index in [9.17, 15) is 22.4 Å². The summed E-state index contributed by atoms with van der Waals surface area (Å²) in [5.41, 5.74) is -0.828. The standard InChI is InChI=1S/C15H18BF4NO3/c1-13(2)14(3,4)24-16(23-13)10-6-5-9(11(17)7-10)8-21-12(22)15(18,19)20/h5-7H,8H2,1-4H3,(H,21,22). The lowest BCUT2D eigenvalue weighted by molar-refractivity contribution is -0.173. The molecule has 4 nitrogen and oxygen atoms in total. The predicted octanol–water partition coefficient (Wildman–Crippen LogP) is 2.30. The summed E-state index contributed by atoms with van der Waals surface area (Å²) in [4.78, 5) is 10.8. The second-order valence-electron chi connectivity index (χ2n) is 6.62. The van der Waals surface area contributed by atoms with Gasteiger partial charge in [0.2, 0.25) is 0 Å². The molecule has 0 radical (unpaired) electrons. The van der Waals surface area contributed by atoms with E-state index < -0.39 is 42.8 Å². The summed E-state index contributed by atoms with van der Waals surface area (Å²) < 4.78 is 62.0. The van der Waals surface area contributed by atoms with Crippen LogP contribution >= 0.6 is 0 Å². The van der Waals surface area contributed by atoms with Crippen molar-refractivity contribution in [2.75, 3.05) is 0 Å². The maximum Gasteiger partial charge on any atom is 0.494 e. The van der Waals surface area contributed by atoms with Crippen LogP contribution in [-0.2, 0) is 20.6 Å². The van der Waals surface area contributed by atoms with Gasteiger partial charge in [-0.1, -0.05) is 12.1 Å². The highest BCUT2D eigenvalue weighted by Crippen LogP contribution is 2.36. The van der Waals surface area contributed by atoms with Crippen LogP contribution in [0.1, 0.15) is 33.3 Å². The third-order valence-electron chi connectivity index (χ3n) is 4.30. The van der Waals surface area contributed by atoms with E-state index in [4.69, 9.17) is 9.31 Å². The van der Waals surface area contributed by atoms with Crippen LogP contribution in [0.5, 0.6) is 0 Å². The Labute approximate surface area is 137 Å². The summed E-state index contributed by atoms with van der Waals surface area (Å²) >= 11 is 0. The van der Waals surface area contributed by atoms with Gasteiger partial charge in [-0.25, -0.2) is 4.39 Å². The maximum absolute atomic E-state index is 14.1. The number of alkyl halides is 3. The highest BCUT2D eigenvalue weighted by Gasteiger charge is 2.51. The second kappa shape index (κ2) is 6.04. The number of rotatable bonds is 3. The van der Waals surface area contributed by atoms with Crippen molar-refractivity contribution in [2.45, 2.75) is 51.6 Å². The van der Waals surface area contributed by atoms with Crippen molar-refractivity contribution >= 4 is 18.5 Å². The molecule has 0 aliphatic carbocycles. The molecule has 9 heteroatoms. The number of benzene rings is 1. The van der Waals surface area contributed by atoms with Crippen molar-refractivity contribution in [1.29, 1.82) is 0 Å². The van der Waals surface area contributed by atoms with Crippen LogP contribution in [-0.4, -0.2) is 30.4 Å². The normalized spacial score (nSPS) is 19.4. The Morgan fingerprint density at radius 3 is 2.17 bits per heavy atom. The van der Waals surface area contributed by atoms with Gasteiger partial charge < -0.3 is 14.6 Å². The van der Waals surface area contributed by atoms with E-state index in [2.05, 4.69) is 0 Å². The van der Waals surface area contributed by atoms with Gasteiger partial charge in [0.15, 0.2) is 0 Å². The third-order valence-corrected chi connectivity index (χ3v) is 4.30. The van der Waals surface area contributed by atoms with Gasteiger partial charge in [-0.15, -0.1) is 0 Å². The molecule has 0 spiro atoms. The number of amides is 1. The molecule has 1 N–H and O–H groups in total. The largest absolute Gasteiger partial charge is 0.494 e. The van der Waals surface area contributed by atoms with Crippen molar-refractivity contribution < 1.29 is 31.7 Å². The molecule has 132 valence electrons. The molecule has 1 aliphatic heterocycles. The zero-order chi connectivity index (χ0) is 18.3. The van der Waals surface area contributed by atoms with E-state index in [1.165, 1.54) is 12.1 Å². The Balaban J connectivity index is 2.10. The molecule has 2 rings (SSSR count). The van der Waals surface area contributed by atoms with E-state index in [-0.39, 0.29) is 5.56 Å². The van der Waals surface area contributed by atoms with Crippen molar-refractivity contribution in [1.82, 2.24) is 5.32 Å². The van der Waals surface area contributed by atoms with Crippen molar-refractivity contribution in [3.8, 4) is 0 Å². The molecule has 24 heavy (non-hydrogen) atoms. The highest BCUT2D eigenvalue weighted by molar-refractivity contribution is 6.62. The Kier molecular flexibility index (Phi) is 4.71. The van der Waals surface area contributed by atoms with Gasteiger partial charge in [-0.3, -0.25) is 4.79 Å². The van der Waals surface area contributed by atoms with Gasteiger partial charge in [0.25, 0.3) is 0 Å². The van der Waals surface area contributed by atoms with Gasteiger partial charge in [-0.2, -0.15) is 13.2 Å². The first-order valence-electron chi connectivity index (χ1n) is 7.32. The third kappa shape index (κ3) is 3.72. The molecule has 1 aromatic carbocycles. The molecule has 1 aromatic rings. The fourth-order valence-electron chi connectivity index (χ4n) is 2.11. The summed E-state index contributed by atoms with van der Waals surface area (Å²) in [6.07, 6.45) is -5.00. The fourth-order valence-corrected chi connectivity index (χ4v) is 2.11. The lowest BCUT2D eigenvalue weighted by Gasteiger charge is -2.32. The number of hydrogen-bond donors (Lipinski definition) is 1. The average Bonchev–Trinajstić information content (AvgIpc) is 2.64. The van der Waals surface area contributed by atoms with Gasteiger partial charge in [0.1, 0.15) is 5.82 Å². The number of carbonyl (C=O) groups is 1. The SMILES string of the molecule is CC1(C)OB(c2ccc(CNC(=O)C(F)(F)F)c(F)c2)OC1(C)C. The fraction of sp³-hybridized carbons (Fsp3) is 0.533. The van der Waals surface area contributed by atoms with Gasteiger partial charge >= 0.3 is 19.2 Å². The predicted molar refractivity (Wildman–Crippen MR) is 80.0 cm³/mol. The number of halogens is 4. The molecule has 1 fully saturated rings. The van der Waals surface area contributed by atoms with E-state index in [0.717, 1.165) is 6.07 Å². The average molecular weight is 347 g/mol. The number of carbonyl (C=O) groups excluding carboxylic acids is 1. The van der Waals surface area contributed by atoms with E-state index >= 15 is 0 Å². The highest BCUT2D eigenvalue weighted by atomic mass is 19.4. The summed E-state index contributed by atoms with van der Waals surface area (Å²) in [5, 5.41) is 1.63. The van der Waals surface area contributed by atoms with Crippen LogP contribution in [0.25, 0.3) is 0 Å². The Morgan fingerprint density at radius 2 is 1.71 bits per heavy atom. The first-order chi connectivity index (χ1) is 10.8. The van der Waals surface area contributed by atoms with Crippen LogP contribution in [0.15, 0.2) is 18.2 Å². The molecule has 0 atom stereocenters. The summed E-state index contributed by atoms with van der Waals surface area (Å²) in [7, 11) is -0.775. The monoisotopic (exact) mass is 347 g/mol. The van der Waals surface area contributed by atoms with Crippen LogP contribution in [0.3, 0.4) is 0 Å². The lowest BCUT2D eigenvalue weighted by atomic mass is 9.78. The molecule has 1 aliphatic rings. The van der Waals surface area contributed by atoms with Gasteiger partial charge in [0, 0.05) is 12.1 Å². The van der Waals surface area contributed by atoms with Crippen LogP contribution in [0.4, 0.5) is 17.6 Å². The zero-order valence-corrected chi connectivity index (χ0v) is 13.8. The second-order valence-corrected chi connectivity index (χ2v) is 6.62. The van der Waals surface area contributed by atoms with E-state index in [0.29, 0.717) is 5.46 Å². The van der Waals surface area contributed by atoms with Gasteiger partial charge in [0.05, 0.1) is 11.2 Å². The maximum atomic E-state index is 14.1. The van der Waals surface area contributed by atoms with Crippen LogP contribution in [0, 0.1) is 5.82 Å². The first-order valence-corrected chi connectivity index (χ1v) is 7.32. The zero-order valence-electron chi connectivity index (χ0n) is 13.8. The lowest BCUT2D eigenvalue weighted by Crippen LogP contribution is -2.41. The minimum Gasteiger partial charge on any atom is -0.399 e. The molecule has 1 amide bonds. The van der Waals surface area contributed by atoms with Gasteiger partial charge in [-0.05, 0) is 39.2 Å². The van der Waals surface area contributed by atoms with E-state index in [1.54, 1.807) is 5.32 Å². The molecular formula is C15H18BF4NO3. The number of nitrogens with one attached hydrogen (secondary N) is 1. The Morgan fingerprint density at radius 1 is 1.17 bits per heavy atom. The Bertz CT molecular complexity index is 630. The molecular weight excluding hydrogens is 329 g/mol. The minimum atomic E-state index is -5.00. The Hall–Kier alpha value is -1.61. The summed E-state index contributed by atoms with van der Waals surface area (Å²) in [5.74, 6) is -2.86. The topological polar surface area (TPSA) is 47.6 Å². The summed E-state index contributed by atoms with van der Waals surface area (Å²) in [6.45, 7) is 6.84. The van der Waals surface area contributed by atoms with Crippen molar-refractivity contribution in [3.05, 3.63) is 29.6 Å². The molecule has 0 unspecified atom stereocenters. The molecule has 0 aromatic heterocycles.